The lowest BCUT2D eigenvalue weighted by Crippen LogP contribution is -2.30. The molecule has 0 unspecified atom stereocenters. The van der Waals surface area contributed by atoms with Crippen LogP contribution in [0, 0.1) is 0 Å². The molecule has 86 valence electrons. The molecule has 6 nitrogen and oxygen atoms in total. The lowest BCUT2D eigenvalue weighted by Gasteiger charge is -2.14. The van der Waals surface area contributed by atoms with Gasteiger partial charge in [0.15, 0.2) is 0 Å². The van der Waals surface area contributed by atoms with Crippen LogP contribution >= 0.6 is 0 Å². The van der Waals surface area contributed by atoms with Crippen LogP contribution in [0.15, 0.2) is 12.4 Å². The van der Waals surface area contributed by atoms with Crippen molar-refractivity contribution < 1.29 is 14.8 Å². The van der Waals surface area contributed by atoms with Crippen molar-refractivity contribution in [3.63, 3.8) is 0 Å². The van der Waals surface area contributed by atoms with Crippen molar-refractivity contribution in [1.82, 2.24) is 14.7 Å². The largest absolute Gasteiger partial charge is 0.491 e. The average molecular weight is 223 g/mol. The van der Waals surface area contributed by atoms with E-state index >= 15 is 0 Å². The van der Waals surface area contributed by atoms with E-state index in [4.69, 9.17) is 10.0 Å². The van der Waals surface area contributed by atoms with Crippen molar-refractivity contribution in [3.8, 4) is 0 Å². The first-order valence-corrected chi connectivity index (χ1v) is 5.33. The third-order valence-corrected chi connectivity index (χ3v) is 2.72. The van der Waals surface area contributed by atoms with Crippen molar-refractivity contribution >= 4 is 18.5 Å². The van der Waals surface area contributed by atoms with Crippen molar-refractivity contribution in [3.05, 3.63) is 12.4 Å². The molecule has 7 heteroatoms. The van der Waals surface area contributed by atoms with Crippen LogP contribution in [-0.2, 0) is 11.3 Å². The average Bonchev–Trinajstić information content (AvgIpc) is 2.83. The van der Waals surface area contributed by atoms with Crippen molar-refractivity contribution in [2.75, 3.05) is 13.1 Å². The Kier molecular flexibility index (Phi) is 3.26. The number of likely N-dealkylation sites (tertiary alicyclic amines) is 1. The summed E-state index contributed by atoms with van der Waals surface area (Å²) in [6, 6.07) is 0. The third kappa shape index (κ3) is 2.42. The molecule has 1 aromatic heterocycles. The summed E-state index contributed by atoms with van der Waals surface area (Å²) in [6.45, 7) is 2.02. The molecule has 16 heavy (non-hydrogen) atoms. The van der Waals surface area contributed by atoms with Crippen LogP contribution in [-0.4, -0.2) is 50.8 Å². The Balaban J connectivity index is 1.87. The van der Waals surface area contributed by atoms with Crippen molar-refractivity contribution in [2.45, 2.75) is 19.4 Å². The molecule has 0 spiro atoms. The van der Waals surface area contributed by atoms with E-state index in [9.17, 15) is 4.79 Å². The molecule has 1 aromatic rings. The zero-order valence-electron chi connectivity index (χ0n) is 8.91. The molecule has 0 aromatic carbocycles. The fourth-order valence-electron chi connectivity index (χ4n) is 1.80. The Labute approximate surface area is 93.6 Å². The van der Waals surface area contributed by atoms with Crippen LogP contribution in [0.4, 0.5) is 0 Å². The van der Waals surface area contributed by atoms with Gasteiger partial charge in [-0.1, -0.05) is 0 Å². The third-order valence-electron chi connectivity index (χ3n) is 2.72. The van der Waals surface area contributed by atoms with Crippen LogP contribution in [0.1, 0.15) is 12.8 Å². The first-order chi connectivity index (χ1) is 7.66. The molecular formula is C9H14BN3O3. The van der Waals surface area contributed by atoms with Crippen LogP contribution < -0.4 is 5.46 Å². The molecule has 1 amide bonds. The van der Waals surface area contributed by atoms with E-state index in [2.05, 4.69) is 5.10 Å². The number of rotatable bonds is 4. The van der Waals surface area contributed by atoms with Crippen LogP contribution in [0.25, 0.3) is 0 Å². The summed E-state index contributed by atoms with van der Waals surface area (Å²) in [5, 5.41) is 21.8. The monoisotopic (exact) mass is 223 g/mol. The minimum absolute atomic E-state index is 0.189. The highest BCUT2D eigenvalue weighted by Gasteiger charge is 2.20. The second kappa shape index (κ2) is 4.67. The minimum atomic E-state index is -1.48. The second-order valence-electron chi connectivity index (χ2n) is 3.89. The molecule has 0 radical (unpaired) electrons. The van der Waals surface area contributed by atoms with Gasteiger partial charge in [-0.25, -0.2) is 0 Å². The lowest BCUT2D eigenvalue weighted by atomic mass is 9.83. The van der Waals surface area contributed by atoms with Crippen LogP contribution in [0.3, 0.4) is 0 Å². The quantitative estimate of drug-likeness (QED) is 0.589. The van der Waals surface area contributed by atoms with E-state index in [0.717, 1.165) is 13.0 Å². The molecule has 0 bridgehead atoms. The minimum Gasteiger partial charge on any atom is -0.423 e. The summed E-state index contributed by atoms with van der Waals surface area (Å²) >= 11 is 0. The zero-order valence-corrected chi connectivity index (χ0v) is 8.91. The standard InChI is InChI=1S/C9H14BN3O3/c14-9-2-1-3-12(9)4-5-13-7-8(6-11-13)10(15)16/h6-7,15-16H,1-5H2. The Morgan fingerprint density at radius 1 is 1.44 bits per heavy atom. The molecule has 0 aliphatic carbocycles. The highest BCUT2D eigenvalue weighted by molar-refractivity contribution is 6.58. The summed E-state index contributed by atoms with van der Waals surface area (Å²) in [7, 11) is -1.48. The van der Waals surface area contributed by atoms with Crippen molar-refractivity contribution in [2.24, 2.45) is 0 Å². The number of carbonyl (C=O) groups excluding carboxylic acids is 1. The first-order valence-electron chi connectivity index (χ1n) is 5.33. The number of hydrogen-bond donors (Lipinski definition) is 2. The molecule has 1 aliphatic rings. The smallest absolute Gasteiger partial charge is 0.423 e. The maximum absolute atomic E-state index is 11.3. The molecule has 0 atom stereocenters. The van der Waals surface area contributed by atoms with Gasteiger partial charge in [0.1, 0.15) is 0 Å². The van der Waals surface area contributed by atoms with Gasteiger partial charge >= 0.3 is 7.12 Å². The normalized spacial score (nSPS) is 15.9. The Morgan fingerprint density at radius 3 is 2.81 bits per heavy atom. The zero-order chi connectivity index (χ0) is 11.5. The SMILES string of the molecule is O=C1CCCN1CCn1cc(B(O)O)cn1. The van der Waals surface area contributed by atoms with Crippen LogP contribution in [0.2, 0.25) is 0 Å². The first kappa shape index (κ1) is 11.2. The predicted molar refractivity (Wildman–Crippen MR) is 57.9 cm³/mol. The molecular weight excluding hydrogens is 209 g/mol. The molecule has 1 saturated heterocycles. The van der Waals surface area contributed by atoms with Gasteiger partial charge < -0.3 is 14.9 Å². The summed E-state index contributed by atoms with van der Waals surface area (Å²) in [5.41, 5.74) is 0.368. The lowest BCUT2D eigenvalue weighted by molar-refractivity contribution is -0.127. The summed E-state index contributed by atoms with van der Waals surface area (Å²) < 4.78 is 1.61. The molecule has 0 saturated carbocycles. The number of amides is 1. The Morgan fingerprint density at radius 2 is 2.25 bits per heavy atom. The number of hydrogen-bond acceptors (Lipinski definition) is 4. The molecule has 2 rings (SSSR count). The van der Waals surface area contributed by atoms with Gasteiger partial charge in [0.05, 0.1) is 6.54 Å². The molecule has 1 fully saturated rings. The molecule has 1 aliphatic heterocycles. The van der Waals surface area contributed by atoms with E-state index in [-0.39, 0.29) is 5.91 Å². The van der Waals surface area contributed by atoms with E-state index in [0.29, 0.717) is 25.0 Å². The summed E-state index contributed by atoms with van der Waals surface area (Å²) in [6.07, 6.45) is 4.56. The highest BCUT2D eigenvalue weighted by Crippen LogP contribution is 2.08. The van der Waals surface area contributed by atoms with E-state index in [1.807, 2.05) is 0 Å². The van der Waals surface area contributed by atoms with Gasteiger partial charge in [0.25, 0.3) is 0 Å². The number of aromatic nitrogens is 2. The Bertz CT molecular complexity index is 380. The fraction of sp³-hybridized carbons (Fsp3) is 0.556. The maximum atomic E-state index is 11.3. The predicted octanol–water partition coefficient (Wildman–Crippen LogP) is -1.81. The fourth-order valence-corrected chi connectivity index (χ4v) is 1.80. The number of carbonyl (C=O) groups is 1. The molecule has 2 heterocycles. The van der Waals surface area contributed by atoms with Gasteiger partial charge in [0, 0.05) is 37.4 Å². The van der Waals surface area contributed by atoms with Crippen molar-refractivity contribution in [1.29, 1.82) is 0 Å². The number of nitrogens with zero attached hydrogens (tertiary/aromatic N) is 3. The van der Waals surface area contributed by atoms with E-state index in [1.165, 1.54) is 6.20 Å². The van der Waals surface area contributed by atoms with Crippen LogP contribution in [0.5, 0.6) is 0 Å². The topological polar surface area (TPSA) is 78.6 Å². The van der Waals surface area contributed by atoms with E-state index < -0.39 is 7.12 Å². The van der Waals surface area contributed by atoms with Gasteiger partial charge in [-0.15, -0.1) is 0 Å². The van der Waals surface area contributed by atoms with E-state index in [1.54, 1.807) is 15.8 Å². The van der Waals surface area contributed by atoms with Gasteiger partial charge in [-0.3, -0.25) is 9.48 Å². The molecule has 2 N–H and O–H groups in total. The van der Waals surface area contributed by atoms with Gasteiger partial charge in [-0.2, -0.15) is 5.10 Å². The van der Waals surface area contributed by atoms with Gasteiger partial charge in [-0.05, 0) is 6.42 Å². The Hall–Kier alpha value is -1.34. The van der Waals surface area contributed by atoms with Gasteiger partial charge in [0.2, 0.25) is 5.91 Å². The highest BCUT2D eigenvalue weighted by atomic mass is 16.4. The summed E-state index contributed by atoms with van der Waals surface area (Å²) in [5.74, 6) is 0.189. The second-order valence-corrected chi connectivity index (χ2v) is 3.89. The maximum Gasteiger partial charge on any atom is 0.491 e. The summed E-state index contributed by atoms with van der Waals surface area (Å²) in [4.78, 5) is 13.1.